The molecular weight excluding hydrogens is 476 g/mol. The number of ether oxygens (including phenoxy) is 1. The predicted octanol–water partition coefficient (Wildman–Crippen LogP) is 6.47. The van der Waals surface area contributed by atoms with Crippen molar-refractivity contribution >= 4 is 39.5 Å². The Morgan fingerprint density at radius 3 is 2.55 bits per heavy atom. The van der Waals surface area contributed by atoms with Gasteiger partial charge in [-0.05, 0) is 54.5 Å². The zero-order valence-electron chi connectivity index (χ0n) is 16.8. The van der Waals surface area contributed by atoms with Crippen molar-refractivity contribution in [3.05, 3.63) is 105 Å². The summed E-state index contributed by atoms with van der Waals surface area (Å²) >= 11 is 9.36. The van der Waals surface area contributed by atoms with E-state index in [9.17, 15) is 10.1 Å². The molecule has 0 aliphatic heterocycles. The van der Waals surface area contributed by atoms with Gasteiger partial charge in [0.05, 0.1) is 6.04 Å². The number of amides is 1. The molecule has 0 saturated heterocycles. The molecule has 156 valence electrons. The van der Waals surface area contributed by atoms with Gasteiger partial charge in [0, 0.05) is 15.1 Å². The highest BCUT2D eigenvalue weighted by Crippen LogP contribution is 2.27. The maximum absolute atomic E-state index is 12.7. The number of nitriles is 1. The van der Waals surface area contributed by atoms with Crippen LogP contribution in [0.3, 0.4) is 0 Å². The SMILES string of the molecule is C[C@H](NC(=O)/C(C#N)=C\c1cc(Br)ccc1OCc1ccc(Cl)cc1)c1ccccc1. The Bertz CT molecular complexity index is 1120. The van der Waals surface area contributed by atoms with Crippen molar-refractivity contribution in [2.24, 2.45) is 0 Å². The Balaban J connectivity index is 1.79. The minimum absolute atomic E-state index is 0.00257. The van der Waals surface area contributed by atoms with Gasteiger partial charge in [0.2, 0.25) is 0 Å². The third-order valence-electron chi connectivity index (χ3n) is 4.59. The Labute approximate surface area is 195 Å². The summed E-state index contributed by atoms with van der Waals surface area (Å²) < 4.78 is 6.76. The second-order valence-electron chi connectivity index (χ2n) is 6.87. The molecule has 0 aliphatic rings. The molecule has 1 atom stereocenters. The molecule has 0 spiro atoms. The molecule has 3 rings (SSSR count). The van der Waals surface area contributed by atoms with Crippen LogP contribution in [-0.2, 0) is 11.4 Å². The van der Waals surface area contributed by atoms with Crippen LogP contribution in [0.1, 0.15) is 29.7 Å². The first kappa shape index (κ1) is 22.6. The van der Waals surface area contributed by atoms with Crippen LogP contribution in [0.25, 0.3) is 6.08 Å². The summed E-state index contributed by atoms with van der Waals surface area (Å²) in [4.78, 5) is 12.7. The summed E-state index contributed by atoms with van der Waals surface area (Å²) in [6.45, 7) is 2.21. The van der Waals surface area contributed by atoms with Crippen LogP contribution in [0.4, 0.5) is 0 Å². The fourth-order valence-corrected chi connectivity index (χ4v) is 3.41. The van der Waals surface area contributed by atoms with E-state index in [-0.39, 0.29) is 11.6 Å². The molecule has 0 fully saturated rings. The second-order valence-corrected chi connectivity index (χ2v) is 8.23. The molecule has 3 aromatic rings. The van der Waals surface area contributed by atoms with Crippen molar-refractivity contribution in [3.8, 4) is 11.8 Å². The smallest absolute Gasteiger partial charge is 0.262 e. The van der Waals surface area contributed by atoms with E-state index >= 15 is 0 Å². The quantitative estimate of drug-likeness (QED) is 0.302. The molecule has 3 aromatic carbocycles. The minimum atomic E-state index is -0.442. The average molecular weight is 496 g/mol. The Kier molecular flexibility index (Phi) is 7.88. The Morgan fingerprint density at radius 1 is 1.16 bits per heavy atom. The third kappa shape index (κ3) is 6.45. The summed E-state index contributed by atoms with van der Waals surface area (Å²) in [7, 11) is 0. The van der Waals surface area contributed by atoms with Gasteiger partial charge >= 0.3 is 0 Å². The fourth-order valence-electron chi connectivity index (χ4n) is 2.91. The van der Waals surface area contributed by atoms with Crippen molar-refractivity contribution in [3.63, 3.8) is 0 Å². The van der Waals surface area contributed by atoms with Crippen molar-refractivity contribution in [1.82, 2.24) is 5.32 Å². The summed E-state index contributed by atoms with van der Waals surface area (Å²) in [5, 5.41) is 13.1. The zero-order valence-corrected chi connectivity index (χ0v) is 19.2. The lowest BCUT2D eigenvalue weighted by atomic mass is 10.1. The van der Waals surface area contributed by atoms with Crippen LogP contribution >= 0.6 is 27.5 Å². The van der Waals surface area contributed by atoms with E-state index < -0.39 is 5.91 Å². The van der Waals surface area contributed by atoms with Gasteiger partial charge in [-0.25, -0.2) is 0 Å². The van der Waals surface area contributed by atoms with E-state index in [4.69, 9.17) is 16.3 Å². The van der Waals surface area contributed by atoms with Crippen molar-refractivity contribution < 1.29 is 9.53 Å². The lowest BCUT2D eigenvalue weighted by molar-refractivity contribution is -0.117. The second kappa shape index (κ2) is 10.8. The number of hydrogen-bond donors (Lipinski definition) is 1. The van der Waals surface area contributed by atoms with E-state index in [2.05, 4.69) is 21.2 Å². The highest BCUT2D eigenvalue weighted by atomic mass is 79.9. The van der Waals surface area contributed by atoms with Gasteiger partial charge < -0.3 is 10.1 Å². The lowest BCUT2D eigenvalue weighted by Crippen LogP contribution is -2.27. The molecule has 6 heteroatoms. The lowest BCUT2D eigenvalue weighted by Gasteiger charge is -2.14. The predicted molar refractivity (Wildman–Crippen MR) is 127 cm³/mol. The number of carbonyl (C=O) groups is 1. The summed E-state index contributed by atoms with van der Waals surface area (Å²) in [6, 6.07) is 24.2. The molecule has 1 N–H and O–H groups in total. The van der Waals surface area contributed by atoms with Gasteiger partial charge in [-0.1, -0.05) is 70.0 Å². The largest absolute Gasteiger partial charge is 0.488 e. The molecule has 0 aliphatic carbocycles. The van der Waals surface area contributed by atoms with Gasteiger partial charge in [0.1, 0.15) is 24.0 Å². The molecule has 31 heavy (non-hydrogen) atoms. The molecule has 0 saturated carbocycles. The molecular formula is C25H20BrClN2O2. The van der Waals surface area contributed by atoms with E-state index in [0.717, 1.165) is 15.6 Å². The number of rotatable bonds is 7. The molecule has 1 amide bonds. The van der Waals surface area contributed by atoms with Gasteiger partial charge in [-0.3, -0.25) is 4.79 Å². The Morgan fingerprint density at radius 2 is 1.87 bits per heavy atom. The van der Waals surface area contributed by atoms with Crippen LogP contribution in [0, 0.1) is 11.3 Å². The highest BCUT2D eigenvalue weighted by Gasteiger charge is 2.15. The first-order chi connectivity index (χ1) is 15.0. The number of hydrogen-bond acceptors (Lipinski definition) is 3. The Hall–Kier alpha value is -3.07. The van der Waals surface area contributed by atoms with Crippen LogP contribution < -0.4 is 10.1 Å². The van der Waals surface area contributed by atoms with Crippen molar-refractivity contribution in [2.45, 2.75) is 19.6 Å². The monoisotopic (exact) mass is 494 g/mol. The van der Waals surface area contributed by atoms with Gasteiger partial charge in [0.15, 0.2) is 0 Å². The maximum atomic E-state index is 12.7. The molecule has 0 radical (unpaired) electrons. The summed E-state index contributed by atoms with van der Waals surface area (Å²) in [5.41, 5.74) is 2.54. The first-order valence-electron chi connectivity index (χ1n) is 9.60. The summed E-state index contributed by atoms with van der Waals surface area (Å²) in [5.74, 6) is 0.122. The van der Waals surface area contributed by atoms with Crippen LogP contribution in [0.5, 0.6) is 5.75 Å². The van der Waals surface area contributed by atoms with Gasteiger partial charge in [-0.2, -0.15) is 5.26 Å². The fraction of sp³-hybridized carbons (Fsp3) is 0.120. The number of halogens is 2. The highest BCUT2D eigenvalue weighted by molar-refractivity contribution is 9.10. The number of nitrogens with one attached hydrogen (secondary N) is 1. The number of benzene rings is 3. The third-order valence-corrected chi connectivity index (χ3v) is 5.34. The summed E-state index contributed by atoms with van der Waals surface area (Å²) in [6.07, 6.45) is 1.54. The van der Waals surface area contributed by atoms with Gasteiger partial charge in [0.25, 0.3) is 5.91 Å². The van der Waals surface area contributed by atoms with Crippen LogP contribution in [-0.4, -0.2) is 5.91 Å². The van der Waals surface area contributed by atoms with E-state index in [0.29, 0.717) is 22.9 Å². The molecule has 0 unspecified atom stereocenters. The topological polar surface area (TPSA) is 62.1 Å². The number of carbonyl (C=O) groups excluding carboxylic acids is 1. The zero-order chi connectivity index (χ0) is 22.2. The van der Waals surface area contributed by atoms with Gasteiger partial charge in [-0.15, -0.1) is 0 Å². The maximum Gasteiger partial charge on any atom is 0.262 e. The molecule has 0 bridgehead atoms. The van der Waals surface area contributed by atoms with E-state index in [1.807, 2.05) is 67.6 Å². The standard InChI is InChI=1S/C25H20BrClN2O2/c1-17(19-5-3-2-4-6-19)29-25(30)21(15-28)13-20-14-22(26)9-12-24(20)31-16-18-7-10-23(27)11-8-18/h2-14,17H,16H2,1H3,(H,29,30)/b21-13-/t17-/m0/s1. The van der Waals surface area contributed by atoms with E-state index in [1.54, 1.807) is 18.2 Å². The first-order valence-corrected chi connectivity index (χ1v) is 10.8. The minimum Gasteiger partial charge on any atom is -0.488 e. The molecule has 0 heterocycles. The molecule has 4 nitrogen and oxygen atoms in total. The number of nitrogens with zero attached hydrogens (tertiary/aromatic N) is 1. The van der Waals surface area contributed by atoms with Crippen molar-refractivity contribution in [1.29, 1.82) is 5.26 Å². The normalized spacial score (nSPS) is 12.0. The average Bonchev–Trinajstić information content (AvgIpc) is 2.78. The van der Waals surface area contributed by atoms with Crippen LogP contribution in [0.2, 0.25) is 5.02 Å². The van der Waals surface area contributed by atoms with E-state index in [1.165, 1.54) is 6.08 Å². The van der Waals surface area contributed by atoms with Crippen molar-refractivity contribution in [2.75, 3.05) is 0 Å². The molecule has 0 aromatic heterocycles. The van der Waals surface area contributed by atoms with Crippen LogP contribution in [0.15, 0.2) is 82.8 Å².